The Bertz CT molecular complexity index is 3330. The Labute approximate surface area is 309 Å². The Kier molecular flexibility index (Phi) is 6.02. The Hall–Kier alpha value is -7.30. The molecule has 12 rings (SSSR count). The zero-order valence-electron chi connectivity index (χ0n) is 29.0. The van der Waals surface area contributed by atoms with Crippen molar-refractivity contribution < 1.29 is 0 Å². The third-order valence-corrected chi connectivity index (χ3v) is 11.3. The van der Waals surface area contributed by atoms with E-state index in [-0.39, 0.29) is 0 Å². The number of aromatic nitrogens is 4. The van der Waals surface area contributed by atoms with E-state index >= 15 is 0 Å². The molecule has 4 nitrogen and oxygen atoms in total. The van der Waals surface area contributed by atoms with Crippen molar-refractivity contribution in [3.63, 3.8) is 0 Å². The minimum atomic E-state index is 0.920. The maximum atomic E-state index is 5.25. The van der Waals surface area contributed by atoms with Gasteiger partial charge in [0.15, 0.2) is 0 Å². The van der Waals surface area contributed by atoms with Crippen LogP contribution >= 0.6 is 0 Å². The molecule has 0 bridgehead atoms. The molecule has 0 atom stereocenters. The second-order valence-electron chi connectivity index (χ2n) is 14.2. The molecule has 0 saturated carbocycles. The van der Waals surface area contributed by atoms with Gasteiger partial charge in [0.25, 0.3) is 0 Å². The SMILES string of the molecule is c1cnc2c(c1)ccc1ccc(-c3ccc4c5ccc(-c6ccc7ccc8cccnc8c7n6)cc5c5c6ccccc6c6ccccc6c5c4c3)nc12. The van der Waals surface area contributed by atoms with E-state index in [1.165, 1.54) is 53.9 Å². The number of pyridine rings is 4. The second kappa shape index (κ2) is 11.1. The molecule has 0 aliphatic carbocycles. The molecule has 4 aromatic heterocycles. The van der Waals surface area contributed by atoms with Crippen LogP contribution in [0.25, 0.3) is 120 Å². The lowest BCUT2D eigenvalue weighted by Crippen LogP contribution is -1.92. The predicted octanol–water partition coefficient (Wildman–Crippen LogP) is 13.0. The highest BCUT2D eigenvalue weighted by Gasteiger charge is 2.18. The Morgan fingerprint density at radius 1 is 0.278 bits per heavy atom. The number of benzene rings is 8. The Balaban J connectivity index is 1.18. The lowest BCUT2D eigenvalue weighted by Gasteiger charge is -2.18. The highest BCUT2D eigenvalue weighted by Crippen LogP contribution is 2.45. The predicted molar refractivity (Wildman–Crippen MR) is 226 cm³/mol. The number of hydrogen-bond acceptors (Lipinski definition) is 4. The molecular formula is C50H28N4. The first-order chi connectivity index (χ1) is 26.8. The van der Waals surface area contributed by atoms with Gasteiger partial charge in [-0.2, -0.15) is 0 Å². The van der Waals surface area contributed by atoms with Gasteiger partial charge >= 0.3 is 0 Å². The first kappa shape index (κ1) is 29.3. The molecule has 0 amide bonds. The van der Waals surface area contributed by atoms with Gasteiger partial charge in [0.05, 0.1) is 33.5 Å². The van der Waals surface area contributed by atoms with Crippen molar-refractivity contribution in [1.29, 1.82) is 0 Å². The molecule has 54 heavy (non-hydrogen) atoms. The normalized spacial score (nSPS) is 12.1. The van der Waals surface area contributed by atoms with Crippen LogP contribution < -0.4 is 0 Å². The van der Waals surface area contributed by atoms with E-state index < -0.39 is 0 Å². The summed E-state index contributed by atoms with van der Waals surface area (Å²) in [4.78, 5) is 19.9. The number of fused-ring (bicyclic) bond motifs is 17. The summed E-state index contributed by atoms with van der Waals surface area (Å²) in [5.41, 5.74) is 7.70. The van der Waals surface area contributed by atoms with Gasteiger partial charge in [-0.15, -0.1) is 0 Å². The van der Waals surface area contributed by atoms with Crippen molar-refractivity contribution >= 4 is 97.5 Å². The second-order valence-corrected chi connectivity index (χ2v) is 14.2. The number of nitrogens with zero attached hydrogens (tertiary/aromatic N) is 4. The van der Waals surface area contributed by atoms with E-state index in [4.69, 9.17) is 19.9 Å². The maximum Gasteiger partial charge on any atom is 0.0972 e. The fourth-order valence-corrected chi connectivity index (χ4v) is 8.76. The van der Waals surface area contributed by atoms with Gasteiger partial charge in [-0.3, -0.25) is 9.97 Å². The topological polar surface area (TPSA) is 51.6 Å². The molecule has 0 fully saturated rings. The van der Waals surface area contributed by atoms with Crippen LogP contribution in [0.3, 0.4) is 0 Å². The highest BCUT2D eigenvalue weighted by atomic mass is 14.8. The molecule has 0 unspecified atom stereocenters. The van der Waals surface area contributed by atoms with Gasteiger partial charge in [-0.05, 0) is 90.3 Å². The fraction of sp³-hybridized carbons (Fsp3) is 0. The van der Waals surface area contributed by atoms with Crippen molar-refractivity contribution in [3.05, 3.63) is 170 Å². The summed E-state index contributed by atoms with van der Waals surface area (Å²) in [7, 11) is 0. The van der Waals surface area contributed by atoms with Crippen LogP contribution in [0.2, 0.25) is 0 Å². The van der Waals surface area contributed by atoms with E-state index in [1.807, 2.05) is 24.5 Å². The van der Waals surface area contributed by atoms with Gasteiger partial charge in [-0.25, -0.2) is 9.97 Å². The largest absolute Gasteiger partial charge is 0.254 e. The van der Waals surface area contributed by atoms with E-state index in [0.717, 1.165) is 66.1 Å². The van der Waals surface area contributed by atoms with E-state index in [1.54, 1.807) is 0 Å². The lowest BCUT2D eigenvalue weighted by atomic mass is 9.86. The van der Waals surface area contributed by atoms with Gasteiger partial charge in [0.2, 0.25) is 0 Å². The van der Waals surface area contributed by atoms with Crippen LogP contribution in [0.4, 0.5) is 0 Å². The van der Waals surface area contributed by atoms with Gasteiger partial charge in [0.1, 0.15) is 0 Å². The zero-order valence-corrected chi connectivity index (χ0v) is 29.0. The van der Waals surface area contributed by atoms with Crippen molar-refractivity contribution in [1.82, 2.24) is 19.9 Å². The Morgan fingerprint density at radius 3 is 1.13 bits per heavy atom. The first-order valence-corrected chi connectivity index (χ1v) is 18.3. The highest BCUT2D eigenvalue weighted by molar-refractivity contribution is 6.39. The lowest BCUT2D eigenvalue weighted by molar-refractivity contribution is 1.37. The summed E-state index contributed by atoms with van der Waals surface area (Å²) in [6.07, 6.45) is 3.69. The van der Waals surface area contributed by atoms with Crippen molar-refractivity contribution in [3.8, 4) is 22.5 Å². The first-order valence-electron chi connectivity index (χ1n) is 18.3. The van der Waals surface area contributed by atoms with Crippen LogP contribution in [0.5, 0.6) is 0 Å². The van der Waals surface area contributed by atoms with E-state index in [2.05, 4.69) is 146 Å². The summed E-state index contributed by atoms with van der Waals surface area (Å²) in [5, 5.41) is 16.7. The average Bonchev–Trinajstić information content (AvgIpc) is 3.25. The third-order valence-electron chi connectivity index (χ3n) is 11.3. The average molecular weight is 685 g/mol. The maximum absolute atomic E-state index is 5.25. The van der Waals surface area contributed by atoms with Crippen molar-refractivity contribution in [2.75, 3.05) is 0 Å². The standard InChI is InChI=1S/C50H28N4/c1-3-11-39-35(9-1)36-10-2-4-12-40(36)46-42-28-34(44-24-20-32-16-14-30-8-6-26-52-48(30)50(32)54-44)18-22-38(42)37-21-17-33(27-41(37)45(39)46)43-23-19-31-15-13-29-7-5-25-51-47(29)49(31)53-43/h1-28H. The summed E-state index contributed by atoms with van der Waals surface area (Å²) in [6.45, 7) is 0. The molecular weight excluding hydrogens is 657 g/mol. The van der Waals surface area contributed by atoms with E-state index in [9.17, 15) is 0 Å². The summed E-state index contributed by atoms with van der Waals surface area (Å²) in [5.74, 6) is 0. The molecule has 248 valence electrons. The molecule has 0 spiro atoms. The van der Waals surface area contributed by atoms with Gasteiger partial charge in [-0.1, -0.05) is 121 Å². The van der Waals surface area contributed by atoms with Crippen molar-refractivity contribution in [2.45, 2.75) is 0 Å². The molecule has 0 aliphatic heterocycles. The summed E-state index contributed by atoms with van der Waals surface area (Å²) < 4.78 is 0. The minimum Gasteiger partial charge on any atom is -0.254 e. The van der Waals surface area contributed by atoms with E-state index in [0.29, 0.717) is 0 Å². The van der Waals surface area contributed by atoms with Crippen LogP contribution in [-0.2, 0) is 0 Å². The minimum absolute atomic E-state index is 0.920. The summed E-state index contributed by atoms with van der Waals surface area (Å²) in [6, 6.07) is 56.7. The van der Waals surface area contributed by atoms with Crippen LogP contribution in [0, 0.1) is 0 Å². The van der Waals surface area contributed by atoms with Gasteiger partial charge < -0.3 is 0 Å². The van der Waals surface area contributed by atoms with Gasteiger partial charge in [0, 0.05) is 45.1 Å². The fourth-order valence-electron chi connectivity index (χ4n) is 8.76. The smallest absolute Gasteiger partial charge is 0.0972 e. The van der Waals surface area contributed by atoms with Crippen LogP contribution in [-0.4, -0.2) is 19.9 Å². The van der Waals surface area contributed by atoms with Crippen molar-refractivity contribution in [2.24, 2.45) is 0 Å². The molecule has 0 saturated heterocycles. The molecule has 0 aliphatic rings. The summed E-state index contributed by atoms with van der Waals surface area (Å²) >= 11 is 0. The molecule has 0 radical (unpaired) electrons. The molecule has 8 aromatic carbocycles. The molecule has 0 N–H and O–H groups in total. The monoisotopic (exact) mass is 684 g/mol. The Morgan fingerprint density at radius 2 is 0.667 bits per heavy atom. The third kappa shape index (κ3) is 4.19. The number of hydrogen-bond donors (Lipinski definition) is 0. The molecule has 4 heterocycles. The number of rotatable bonds is 2. The quantitative estimate of drug-likeness (QED) is 0.170. The van der Waals surface area contributed by atoms with Crippen LogP contribution in [0.15, 0.2) is 170 Å². The molecule has 4 heteroatoms. The van der Waals surface area contributed by atoms with Crippen LogP contribution in [0.1, 0.15) is 0 Å². The molecule has 12 aromatic rings. The zero-order chi connectivity index (χ0) is 35.3.